The second kappa shape index (κ2) is 5.02. The van der Waals surface area contributed by atoms with Crippen molar-refractivity contribution in [1.82, 2.24) is 14.6 Å². The quantitative estimate of drug-likeness (QED) is 0.560. The number of nitrogens with one attached hydrogen (secondary N) is 2. The molecule has 0 aliphatic carbocycles. The predicted molar refractivity (Wildman–Crippen MR) is 67.8 cm³/mol. The molecule has 2 aromatic heterocycles. The van der Waals surface area contributed by atoms with E-state index in [1.54, 1.807) is 0 Å². The summed E-state index contributed by atoms with van der Waals surface area (Å²) in [5, 5.41) is 3.92. The molecule has 2 aromatic rings. The van der Waals surface area contributed by atoms with Crippen molar-refractivity contribution >= 4 is 44.0 Å². The summed E-state index contributed by atoms with van der Waals surface area (Å²) in [5.74, 6) is 5.33. The highest BCUT2D eigenvalue weighted by Gasteiger charge is 2.17. The molecule has 11 heteroatoms. The summed E-state index contributed by atoms with van der Waals surface area (Å²) in [7, 11) is -3.77. The van der Waals surface area contributed by atoms with Gasteiger partial charge in [0.2, 0.25) is 0 Å². The van der Waals surface area contributed by atoms with Gasteiger partial charge in [0.15, 0.2) is 5.82 Å². The van der Waals surface area contributed by atoms with Crippen LogP contribution in [0.3, 0.4) is 0 Å². The predicted octanol–water partition coefficient (Wildman–Crippen LogP) is 0.673. The summed E-state index contributed by atoms with van der Waals surface area (Å²) >= 11 is 6.72. The summed E-state index contributed by atoms with van der Waals surface area (Å²) in [4.78, 5) is 3.69. The lowest BCUT2D eigenvalue weighted by Crippen LogP contribution is -2.14. The van der Waals surface area contributed by atoms with Crippen LogP contribution >= 0.6 is 23.1 Å². The maximum Gasteiger partial charge on any atom is 0.264 e. The second-order valence-corrected chi connectivity index (χ2v) is 5.91. The summed E-state index contributed by atoms with van der Waals surface area (Å²) in [5.41, 5.74) is 2.24. The van der Waals surface area contributed by atoms with Crippen LogP contribution in [0.4, 0.5) is 10.8 Å². The van der Waals surface area contributed by atoms with Crippen molar-refractivity contribution < 1.29 is 8.42 Å². The van der Waals surface area contributed by atoms with Gasteiger partial charge in [-0.3, -0.25) is 4.72 Å². The van der Waals surface area contributed by atoms with Gasteiger partial charge in [0, 0.05) is 17.7 Å². The van der Waals surface area contributed by atoms with Crippen LogP contribution in [0.15, 0.2) is 23.4 Å². The molecule has 0 bridgehead atoms. The van der Waals surface area contributed by atoms with Gasteiger partial charge >= 0.3 is 0 Å². The van der Waals surface area contributed by atoms with E-state index in [0.29, 0.717) is 5.00 Å². The Morgan fingerprint density at radius 2 is 2.17 bits per heavy atom. The fourth-order valence-electron chi connectivity index (χ4n) is 1.08. The van der Waals surface area contributed by atoms with Crippen LogP contribution in [-0.2, 0) is 10.0 Å². The molecule has 0 unspecified atom stereocenters. The lowest BCUT2D eigenvalue weighted by Gasteiger charge is -2.07. The largest absolute Gasteiger partial charge is 0.307 e. The molecule has 0 aromatic carbocycles. The van der Waals surface area contributed by atoms with Crippen molar-refractivity contribution in [2.45, 2.75) is 4.90 Å². The number of hydrazine groups is 1. The Hall–Kier alpha value is -1.49. The van der Waals surface area contributed by atoms with Crippen LogP contribution in [0.5, 0.6) is 0 Å². The van der Waals surface area contributed by atoms with E-state index in [1.165, 1.54) is 12.3 Å². The molecule has 0 radical (unpaired) electrons. The molecule has 0 spiro atoms. The fraction of sp³-hybridized carbons (Fsp3) is 0. The first-order valence-electron chi connectivity index (χ1n) is 4.45. The molecule has 0 saturated carbocycles. The summed E-state index contributed by atoms with van der Waals surface area (Å²) in [6.07, 6.45) is 2.44. The second-order valence-electron chi connectivity index (χ2n) is 3.03. The fourth-order valence-corrected chi connectivity index (χ4v) is 3.02. The zero-order valence-corrected chi connectivity index (χ0v) is 11.1. The van der Waals surface area contributed by atoms with Crippen LogP contribution in [0.25, 0.3) is 0 Å². The Bertz CT molecular complexity index is 644. The Kier molecular flexibility index (Phi) is 3.61. The monoisotopic (exact) mass is 306 g/mol. The number of aromatic nitrogens is 3. The number of hydrogen-bond donors (Lipinski definition) is 3. The maximum atomic E-state index is 11.9. The average Bonchev–Trinajstić information content (AvgIpc) is 2.81. The number of pyridine rings is 1. The molecule has 0 aliphatic heterocycles. The lowest BCUT2D eigenvalue weighted by molar-refractivity contribution is 0.601. The minimum atomic E-state index is -3.77. The van der Waals surface area contributed by atoms with Crippen LogP contribution in [-0.4, -0.2) is 23.0 Å². The van der Waals surface area contributed by atoms with E-state index in [2.05, 4.69) is 24.7 Å². The molecule has 2 rings (SSSR count). The first-order chi connectivity index (χ1) is 8.53. The molecule has 0 amide bonds. The van der Waals surface area contributed by atoms with Gasteiger partial charge in [-0.15, -0.1) is 5.10 Å². The van der Waals surface area contributed by atoms with E-state index < -0.39 is 10.0 Å². The van der Waals surface area contributed by atoms with Crippen LogP contribution in [0.2, 0.25) is 5.02 Å². The number of hydrogen-bond acceptors (Lipinski definition) is 8. The SMILES string of the molecule is NNc1ncc(S(=O)(=O)Nc2cnns2)cc1Cl. The number of halogens is 1. The minimum Gasteiger partial charge on any atom is -0.307 e. The van der Waals surface area contributed by atoms with E-state index in [0.717, 1.165) is 17.7 Å². The van der Waals surface area contributed by atoms with Gasteiger partial charge in [-0.05, 0) is 6.07 Å². The van der Waals surface area contributed by atoms with Crippen molar-refractivity contribution in [2.75, 3.05) is 10.1 Å². The molecular formula is C7H7ClN6O2S2. The van der Waals surface area contributed by atoms with Gasteiger partial charge < -0.3 is 5.43 Å². The van der Waals surface area contributed by atoms with Crippen molar-refractivity contribution in [3.63, 3.8) is 0 Å². The number of rotatable bonds is 4. The van der Waals surface area contributed by atoms with Gasteiger partial charge in [0.25, 0.3) is 10.0 Å². The molecule has 2 heterocycles. The van der Waals surface area contributed by atoms with Gasteiger partial charge in [-0.2, -0.15) is 0 Å². The minimum absolute atomic E-state index is 0.0834. The zero-order valence-electron chi connectivity index (χ0n) is 8.66. The maximum absolute atomic E-state index is 11.9. The average molecular weight is 307 g/mol. The number of anilines is 2. The van der Waals surface area contributed by atoms with Crippen molar-refractivity contribution in [3.05, 3.63) is 23.5 Å². The van der Waals surface area contributed by atoms with E-state index in [4.69, 9.17) is 17.4 Å². The first-order valence-corrected chi connectivity index (χ1v) is 7.09. The Labute approximate surface area is 111 Å². The molecule has 0 aliphatic rings. The van der Waals surface area contributed by atoms with Crippen LogP contribution in [0, 0.1) is 0 Å². The number of nitrogen functional groups attached to an aromatic ring is 1. The highest BCUT2D eigenvalue weighted by atomic mass is 35.5. The number of sulfonamides is 1. The van der Waals surface area contributed by atoms with Gasteiger partial charge in [0.1, 0.15) is 9.90 Å². The lowest BCUT2D eigenvalue weighted by atomic mass is 10.5. The van der Waals surface area contributed by atoms with Crippen molar-refractivity contribution in [1.29, 1.82) is 0 Å². The molecular weight excluding hydrogens is 300 g/mol. The van der Waals surface area contributed by atoms with Gasteiger partial charge in [-0.25, -0.2) is 19.2 Å². The van der Waals surface area contributed by atoms with E-state index in [1.807, 2.05) is 0 Å². The molecule has 18 heavy (non-hydrogen) atoms. The Morgan fingerprint density at radius 1 is 1.39 bits per heavy atom. The molecule has 96 valence electrons. The van der Waals surface area contributed by atoms with Crippen molar-refractivity contribution in [3.8, 4) is 0 Å². The van der Waals surface area contributed by atoms with E-state index in [-0.39, 0.29) is 15.7 Å². The third-order valence-electron chi connectivity index (χ3n) is 1.86. The van der Waals surface area contributed by atoms with E-state index >= 15 is 0 Å². The van der Waals surface area contributed by atoms with Crippen molar-refractivity contribution in [2.24, 2.45) is 5.84 Å². The Balaban J connectivity index is 2.33. The third kappa shape index (κ3) is 2.67. The summed E-state index contributed by atoms with van der Waals surface area (Å²) in [6, 6.07) is 1.24. The van der Waals surface area contributed by atoms with Crippen LogP contribution < -0.4 is 16.0 Å². The number of nitrogens with two attached hydrogens (primary N) is 1. The zero-order chi connectivity index (χ0) is 13.2. The topological polar surface area (TPSA) is 123 Å². The van der Waals surface area contributed by atoms with Gasteiger partial charge in [-0.1, -0.05) is 16.1 Å². The third-order valence-corrected chi connectivity index (χ3v) is 4.19. The summed E-state index contributed by atoms with van der Waals surface area (Å²) in [6.45, 7) is 0. The van der Waals surface area contributed by atoms with Gasteiger partial charge in [0.05, 0.1) is 11.2 Å². The molecule has 0 saturated heterocycles. The molecule has 0 atom stereocenters. The summed E-state index contributed by atoms with van der Waals surface area (Å²) < 4.78 is 29.7. The number of nitrogens with zero attached hydrogens (tertiary/aromatic N) is 3. The first kappa shape index (κ1) is 13.0. The normalized spacial score (nSPS) is 11.2. The van der Waals surface area contributed by atoms with E-state index in [9.17, 15) is 8.42 Å². The van der Waals surface area contributed by atoms with Crippen LogP contribution in [0.1, 0.15) is 0 Å². The highest BCUT2D eigenvalue weighted by Crippen LogP contribution is 2.23. The molecule has 0 fully saturated rings. The smallest absolute Gasteiger partial charge is 0.264 e. The molecule has 4 N–H and O–H groups in total. The Morgan fingerprint density at radius 3 is 2.72 bits per heavy atom. The standard InChI is InChI=1S/C7H7ClN6O2S2/c8-5-1-4(2-10-7(5)12-9)18(15,16)13-6-3-11-14-17-6/h1-3,13H,9H2,(H,10,12). The molecule has 8 nitrogen and oxygen atoms in total. The highest BCUT2D eigenvalue weighted by molar-refractivity contribution is 7.93.